The third kappa shape index (κ3) is 3.53. The first-order chi connectivity index (χ1) is 10.2. The summed E-state index contributed by atoms with van der Waals surface area (Å²) >= 11 is 7.15. The molecule has 1 aromatic rings. The summed E-state index contributed by atoms with van der Waals surface area (Å²) in [5.41, 5.74) is 7.43. The highest BCUT2D eigenvalue weighted by molar-refractivity contribution is 9.13. The Morgan fingerprint density at radius 3 is 2.76 bits per heavy atom. The van der Waals surface area contributed by atoms with E-state index in [-0.39, 0.29) is 0 Å². The average molecular weight is 417 g/mol. The van der Waals surface area contributed by atoms with Crippen LogP contribution in [0.4, 0.5) is 0 Å². The van der Waals surface area contributed by atoms with Gasteiger partial charge in [0.25, 0.3) is 0 Å². The molecule has 5 heteroatoms. The summed E-state index contributed by atoms with van der Waals surface area (Å²) in [6.07, 6.45) is 4.10. The monoisotopic (exact) mass is 415 g/mol. The predicted octanol–water partition coefficient (Wildman–Crippen LogP) is 3.38. The van der Waals surface area contributed by atoms with Gasteiger partial charge in [0.15, 0.2) is 0 Å². The van der Waals surface area contributed by atoms with Crippen molar-refractivity contribution in [3.63, 3.8) is 0 Å². The number of nitrogens with zero attached hydrogens (tertiary/aromatic N) is 2. The molecular formula is C16H23Br2N3. The van der Waals surface area contributed by atoms with Gasteiger partial charge in [-0.25, -0.2) is 0 Å². The number of benzene rings is 1. The van der Waals surface area contributed by atoms with Crippen molar-refractivity contribution in [2.45, 2.75) is 31.3 Å². The zero-order chi connectivity index (χ0) is 14.8. The molecule has 2 atom stereocenters. The molecule has 0 bridgehead atoms. The van der Waals surface area contributed by atoms with Crippen molar-refractivity contribution in [1.82, 2.24) is 9.80 Å². The van der Waals surface area contributed by atoms with E-state index in [0.29, 0.717) is 12.6 Å². The fourth-order valence-corrected chi connectivity index (χ4v) is 4.32. The number of nitrogens with two attached hydrogens (primary N) is 1. The van der Waals surface area contributed by atoms with E-state index < -0.39 is 0 Å². The predicted molar refractivity (Wildman–Crippen MR) is 94.4 cm³/mol. The molecule has 116 valence electrons. The first-order valence-corrected chi connectivity index (χ1v) is 9.40. The number of hydrogen-bond acceptors (Lipinski definition) is 3. The average Bonchev–Trinajstić information content (AvgIpc) is 2.51. The Labute approximate surface area is 144 Å². The van der Waals surface area contributed by atoms with Crippen molar-refractivity contribution in [3.05, 3.63) is 32.7 Å². The van der Waals surface area contributed by atoms with Crippen molar-refractivity contribution in [3.8, 4) is 0 Å². The molecule has 0 amide bonds. The van der Waals surface area contributed by atoms with Crippen LogP contribution < -0.4 is 5.73 Å². The summed E-state index contributed by atoms with van der Waals surface area (Å²) in [5, 5.41) is 0. The number of halogens is 2. The van der Waals surface area contributed by atoms with Crippen molar-refractivity contribution < 1.29 is 0 Å². The Balaban J connectivity index is 1.75. The van der Waals surface area contributed by atoms with Gasteiger partial charge >= 0.3 is 0 Å². The van der Waals surface area contributed by atoms with Crippen LogP contribution in [0.15, 0.2) is 27.1 Å². The summed E-state index contributed by atoms with van der Waals surface area (Å²) in [6, 6.07) is 7.58. The van der Waals surface area contributed by atoms with Crippen LogP contribution in [-0.4, -0.2) is 48.6 Å². The highest BCUT2D eigenvalue weighted by Crippen LogP contribution is 2.31. The van der Waals surface area contributed by atoms with Gasteiger partial charge in [0.2, 0.25) is 0 Å². The maximum atomic E-state index is 6.11. The minimum absolute atomic E-state index is 0.332. The lowest BCUT2D eigenvalue weighted by Gasteiger charge is -2.46. The molecule has 0 spiro atoms. The summed E-state index contributed by atoms with van der Waals surface area (Å²) in [7, 11) is 0. The van der Waals surface area contributed by atoms with Crippen LogP contribution in [-0.2, 0) is 0 Å². The molecule has 2 fully saturated rings. The van der Waals surface area contributed by atoms with E-state index in [9.17, 15) is 0 Å². The maximum absolute atomic E-state index is 6.11. The second kappa shape index (κ2) is 7.09. The van der Waals surface area contributed by atoms with E-state index in [1.807, 2.05) is 0 Å². The Bertz CT molecular complexity index is 494. The van der Waals surface area contributed by atoms with Gasteiger partial charge in [-0.1, -0.05) is 12.5 Å². The van der Waals surface area contributed by atoms with E-state index >= 15 is 0 Å². The van der Waals surface area contributed by atoms with Gasteiger partial charge in [0.1, 0.15) is 0 Å². The number of rotatable bonds is 3. The standard InChI is InChI=1S/C16H23Br2N3/c17-14-5-4-12(9-15(14)18)16(10-19)21-8-7-20-6-2-1-3-13(20)11-21/h4-5,9,13,16H,1-3,6-8,10-11,19H2. The van der Waals surface area contributed by atoms with Gasteiger partial charge in [0, 0.05) is 47.2 Å². The van der Waals surface area contributed by atoms with Crippen LogP contribution >= 0.6 is 31.9 Å². The third-order valence-corrected chi connectivity index (χ3v) is 6.74. The molecule has 2 unspecified atom stereocenters. The quantitative estimate of drug-likeness (QED) is 0.819. The fourth-order valence-electron chi connectivity index (χ4n) is 3.68. The topological polar surface area (TPSA) is 32.5 Å². The second-order valence-electron chi connectivity index (χ2n) is 6.11. The molecule has 2 heterocycles. The highest BCUT2D eigenvalue weighted by Gasteiger charge is 2.32. The van der Waals surface area contributed by atoms with Gasteiger partial charge in [-0.2, -0.15) is 0 Å². The van der Waals surface area contributed by atoms with Crippen molar-refractivity contribution in [2.24, 2.45) is 5.73 Å². The molecule has 0 radical (unpaired) electrons. The lowest BCUT2D eigenvalue weighted by molar-refractivity contribution is 0.0286. The first kappa shape index (κ1) is 15.9. The summed E-state index contributed by atoms with van der Waals surface area (Å²) in [4.78, 5) is 5.26. The van der Waals surface area contributed by atoms with Crippen LogP contribution in [0, 0.1) is 0 Å². The molecule has 2 aliphatic heterocycles. The molecule has 0 aliphatic carbocycles. The number of piperidine rings is 1. The number of piperazine rings is 1. The summed E-state index contributed by atoms with van der Waals surface area (Å²) in [5.74, 6) is 0. The van der Waals surface area contributed by atoms with Gasteiger partial charge in [-0.15, -0.1) is 0 Å². The molecular weight excluding hydrogens is 394 g/mol. The van der Waals surface area contributed by atoms with E-state index in [1.54, 1.807) is 0 Å². The molecule has 3 nitrogen and oxygen atoms in total. The Kier molecular flexibility index (Phi) is 5.38. The second-order valence-corrected chi connectivity index (χ2v) is 7.81. The molecule has 1 aromatic carbocycles. The highest BCUT2D eigenvalue weighted by atomic mass is 79.9. The van der Waals surface area contributed by atoms with Crippen LogP contribution in [0.25, 0.3) is 0 Å². The minimum Gasteiger partial charge on any atom is -0.329 e. The van der Waals surface area contributed by atoms with Crippen molar-refractivity contribution >= 4 is 31.9 Å². The Morgan fingerprint density at radius 1 is 1.14 bits per heavy atom. The Hall–Kier alpha value is 0.0600. The van der Waals surface area contributed by atoms with E-state index in [2.05, 4.69) is 59.9 Å². The zero-order valence-corrected chi connectivity index (χ0v) is 15.4. The minimum atomic E-state index is 0.332. The number of hydrogen-bond donors (Lipinski definition) is 1. The van der Waals surface area contributed by atoms with Gasteiger partial charge in [0.05, 0.1) is 0 Å². The van der Waals surface area contributed by atoms with Gasteiger partial charge in [-0.3, -0.25) is 9.80 Å². The molecule has 0 aromatic heterocycles. The molecule has 2 aliphatic rings. The largest absolute Gasteiger partial charge is 0.329 e. The van der Waals surface area contributed by atoms with Crippen molar-refractivity contribution in [1.29, 1.82) is 0 Å². The lowest BCUT2D eigenvalue weighted by Crippen LogP contribution is -2.56. The van der Waals surface area contributed by atoms with Crippen molar-refractivity contribution in [2.75, 3.05) is 32.7 Å². The van der Waals surface area contributed by atoms with Gasteiger partial charge in [-0.05, 0) is 68.9 Å². The summed E-state index contributed by atoms with van der Waals surface area (Å²) < 4.78 is 2.20. The molecule has 3 rings (SSSR count). The Morgan fingerprint density at radius 2 is 2.00 bits per heavy atom. The van der Waals surface area contributed by atoms with Gasteiger partial charge < -0.3 is 5.73 Å². The smallest absolute Gasteiger partial charge is 0.0472 e. The van der Waals surface area contributed by atoms with Crippen LogP contribution in [0.2, 0.25) is 0 Å². The normalized spacial score (nSPS) is 25.6. The SMILES string of the molecule is NCC(c1ccc(Br)c(Br)c1)N1CCN2CCCCC2C1. The van der Waals surface area contributed by atoms with E-state index in [4.69, 9.17) is 5.73 Å². The van der Waals surface area contributed by atoms with Crippen LogP contribution in [0.3, 0.4) is 0 Å². The molecule has 2 N–H and O–H groups in total. The molecule has 0 saturated carbocycles. The number of fused-ring (bicyclic) bond motifs is 1. The van der Waals surface area contributed by atoms with Crippen LogP contribution in [0.5, 0.6) is 0 Å². The van der Waals surface area contributed by atoms with E-state index in [1.165, 1.54) is 37.9 Å². The summed E-state index contributed by atoms with van der Waals surface area (Å²) in [6.45, 7) is 5.46. The van der Waals surface area contributed by atoms with E-state index in [0.717, 1.165) is 28.1 Å². The fraction of sp³-hybridized carbons (Fsp3) is 0.625. The van der Waals surface area contributed by atoms with Crippen LogP contribution in [0.1, 0.15) is 30.9 Å². The third-order valence-electron chi connectivity index (χ3n) is 4.86. The lowest BCUT2D eigenvalue weighted by atomic mass is 9.97. The zero-order valence-electron chi connectivity index (χ0n) is 12.3. The first-order valence-electron chi connectivity index (χ1n) is 7.82. The maximum Gasteiger partial charge on any atom is 0.0472 e. The molecule has 2 saturated heterocycles. The molecule has 21 heavy (non-hydrogen) atoms.